The third kappa shape index (κ3) is 2.98. The average molecular weight is 189 g/mol. The van der Waals surface area contributed by atoms with Crippen LogP contribution in [0.15, 0.2) is 0 Å². The predicted molar refractivity (Wildman–Crippen MR) is 60.1 cm³/mol. The minimum Gasteiger partial charge on any atom is -0.300 e. The topological polar surface area (TPSA) is 3.24 Å². The maximum Gasteiger partial charge on any atom is 0.0209 e. The molecule has 1 heterocycles. The van der Waals surface area contributed by atoms with Crippen LogP contribution in [0.5, 0.6) is 0 Å². The molecular formula is C10H23NS. The number of hydrogen-bond donors (Lipinski definition) is 1. The molecule has 0 aromatic rings. The maximum atomic E-state index is 4.54. The third-order valence-corrected chi connectivity index (χ3v) is 3.05. The third-order valence-electron chi connectivity index (χ3n) is 2.45. The van der Waals surface area contributed by atoms with Crippen LogP contribution < -0.4 is 0 Å². The van der Waals surface area contributed by atoms with E-state index in [1.165, 1.54) is 25.9 Å². The summed E-state index contributed by atoms with van der Waals surface area (Å²) in [6.07, 6.45) is 2.53. The summed E-state index contributed by atoms with van der Waals surface area (Å²) >= 11 is 4.54. The Morgan fingerprint density at radius 1 is 1.33 bits per heavy atom. The standard InChI is InChI=1S/C8H17NS.C2H6/c1-3-7-8(10)5-6-9(7)4-2;1-2/h7-8,10H,3-6H2,1-2H3;1-2H3. The van der Waals surface area contributed by atoms with Gasteiger partial charge in [0.2, 0.25) is 0 Å². The van der Waals surface area contributed by atoms with E-state index in [2.05, 4.69) is 31.4 Å². The first-order valence-corrected chi connectivity index (χ1v) is 5.73. The van der Waals surface area contributed by atoms with E-state index in [1.54, 1.807) is 0 Å². The lowest BCUT2D eigenvalue weighted by molar-refractivity contribution is 0.264. The fraction of sp³-hybridized carbons (Fsp3) is 1.00. The Morgan fingerprint density at radius 2 is 1.92 bits per heavy atom. The zero-order valence-electron chi connectivity index (χ0n) is 8.88. The highest BCUT2D eigenvalue weighted by Gasteiger charge is 2.28. The Morgan fingerprint density at radius 3 is 2.25 bits per heavy atom. The van der Waals surface area contributed by atoms with E-state index in [4.69, 9.17) is 0 Å². The first-order chi connectivity index (χ1) is 5.79. The van der Waals surface area contributed by atoms with Gasteiger partial charge in [-0.25, -0.2) is 0 Å². The molecule has 2 atom stereocenters. The fourth-order valence-corrected chi connectivity index (χ4v) is 2.34. The summed E-state index contributed by atoms with van der Waals surface area (Å²) in [6, 6.07) is 0.744. The van der Waals surface area contributed by atoms with Crippen molar-refractivity contribution in [3.8, 4) is 0 Å². The average Bonchev–Trinajstić information content (AvgIpc) is 2.49. The summed E-state index contributed by atoms with van der Waals surface area (Å²) in [6.45, 7) is 10.9. The molecule has 0 aliphatic carbocycles. The SMILES string of the molecule is CC.CCC1C(S)CCN1CC. The van der Waals surface area contributed by atoms with Gasteiger partial charge in [0.1, 0.15) is 0 Å². The van der Waals surface area contributed by atoms with Crippen LogP contribution in [-0.4, -0.2) is 29.3 Å². The molecule has 0 aromatic heterocycles. The summed E-state index contributed by atoms with van der Waals surface area (Å²) in [5, 5.41) is 0.630. The molecule has 0 N–H and O–H groups in total. The summed E-state index contributed by atoms with van der Waals surface area (Å²) in [5.74, 6) is 0. The molecule has 0 radical (unpaired) electrons. The van der Waals surface area contributed by atoms with E-state index >= 15 is 0 Å². The fourth-order valence-electron chi connectivity index (χ4n) is 1.82. The van der Waals surface area contributed by atoms with Crippen LogP contribution in [0.4, 0.5) is 0 Å². The zero-order valence-corrected chi connectivity index (χ0v) is 9.77. The van der Waals surface area contributed by atoms with Crippen LogP contribution >= 0.6 is 12.6 Å². The molecule has 12 heavy (non-hydrogen) atoms. The van der Waals surface area contributed by atoms with Crippen molar-refractivity contribution in [1.82, 2.24) is 4.90 Å². The minimum atomic E-state index is 0.630. The second-order valence-electron chi connectivity index (χ2n) is 2.96. The molecule has 0 spiro atoms. The highest BCUT2D eigenvalue weighted by atomic mass is 32.1. The van der Waals surface area contributed by atoms with Crippen molar-refractivity contribution in [3.05, 3.63) is 0 Å². The molecule has 0 amide bonds. The van der Waals surface area contributed by atoms with Crippen molar-refractivity contribution in [2.75, 3.05) is 13.1 Å². The number of likely N-dealkylation sites (tertiary alicyclic amines) is 1. The van der Waals surface area contributed by atoms with Gasteiger partial charge in [0.25, 0.3) is 0 Å². The first-order valence-electron chi connectivity index (χ1n) is 5.21. The van der Waals surface area contributed by atoms with E-state index in [0.29, 0.717) is 5.25 Å². The molecule has 74 valence electrons. The molecule has 1 fully saturated rings. The van der Waals surface area contributed by atoms with Gasteiger partial charge >= 0.3 is 0 Å². The van der Waals surface area contributed by atoms with Gasteiger partial charge in [0, 0.05) is 11.3 Å². The van der Waals surface area contributed by atoms with Crippen molar-refractivity contribution in [3.63, 3.8) is 0 Å². The quantitative estimate of drug-likeness (QED) is 0.654. The Labute approximate surface area is 82.9 Å². The van der Waals surface area contributed by atoms with E-state index in [-0.39, 0.29) is 0 Å². The molecule has 0 saturated carbocycles. The van der Waals surface area contributed by atoms with Crippen molar-refractivity contribution in [1.29, 1.82) is 0 Å². The Hall–Kier alpha value is 0.310. The van der Waals surface area contributed by atoms with Crippen molar-refractivity contribution in [2.24, 2.45) is 0 Å². The molecular weight excluding hydrogens is 166 g/mol. The molecule has 1 aliphatic rings. The smallest absolute Gasteiger partial charge is 0.0209 e. The van der Waals surface area contributed by atoms with Gasteiger partial charge in [-0.2, -0.15) is 12.6 Å². The molecule has 0 bridgehead atoms. The Bertz CT molecular complexity index is 106. The summed E-state index contributed by atoms with van der Waals surface area (Å²) in [4.78, 5) is 2.53. The summed E-state index contributed by atoms with van der Waals surface area (Å²) < 4.78 is 0. The van der Waals surface area contributed by atoms with E-state index in [9.17, 15) is 0 Å². The number of hydrogen-bond acceptors (Lipinski definition) is 2. The van der Waals surface area contributed by atoms with Gasteiger partial charge < -0.3 is 0 Å². The van der Waals surface area contributed by atoms with Crippen LogP contribution in [0.3, 0.4) is 0 Å². The van der Waals surface area contributed by atoms with Crippen molar-refractivity contribution >= 4 is 12.6 Å². The molecule has 1 saturated heterocycles. The Kier molecular flexibility index (Phi) is 6.96. The molecule has 1 aliphatic heterocycles. The lowest BCUT2D eigenvalue weighted by Gasteiger charge is -2.23. The minimum absolute atomic E-state index is 0.630. The van der Waals surface area contributed by atoms with Crippen LogP contribution in [-0.2, 0) is 0 Å². The highest BCUT2D eigenvalue weighted by molar-refractivity contribution is 7.81. The van der Waals surface area contributed by atoms with Gasteiger partial charge in [-0.1, -0.05) is 27.7 Å². The summed E-state index contributed by atoms with van der Waals surface area (Å²) in [5.41, 5.74) is 0. The molecule has 1 nitrogen and oxygen atoms in total. The van der Waals surface area contributed by atoms with Crippen LogP contribution in [0.2, 0.25) is 0 Å². The zero-order chi connectivity index (χ0) is 9.56. The van der Waals surface area contributed by atoms with Crippen molar-refractivity contribution in [2.45, 2.75) is 51.8 Å². The lowest BCUT2D eigenvalue weighted by Crippen LogP contribution is -2.32. The normalized spacial score (nSPS) is 29.8. The highest BCUT2D eigenvalue weighted by Crippen LogP contribution is 2.23. The number of thiol groups is 1. The Balaban J connectivity index is 0.000000561. The number of nitrogens with zero attached hydrogens (tertiary/aromatic N) is 1. The van der Waals surface area contributed by atoms with Gasteiger partial charge in [-0.05, 0) is 25.9 Å². The summed E-state index contributed by atoms with van der Waals surface area (Å²) in [7, 11) is 0. The van der Waals surface area contributed by atoms with E-state index in [0.717, 1.165) is 6.04 Å². The van der Waals surface area contributed by atoms with Gasteiger partial charge in [-0.3, -0.25) is 4.90 Å². The predicted octanol–water partition coefficient (Wildman–Crippen LogP) is 2.82. The first kappa shape index (κ1) is 12.3. The molecule has 0 aromatic carbocycles. The van der Waals surface area contributed by atoms with Gasteiger partial charge in [0.05, 0.1) is 0 Å². The maximum absolute atomic E-state index is 4.54. The van der Waals surface area contributed by atoms with E-state index < -0.39 is 0 Å². The monoisotopic (exact) mass is 189 g/mol. The second-order valence-corrected chi connectivity index (χ2v) is 3.62. The molecule has 2 heteroatoms. The van der Waals surface area contributed by atoms with Crippen molar-refractivity contribution < 1.29 is 0 Å². The largest absolute Gasteiger partial charge is 0.300 e. The second kappa shape index (κ2) is 6.79. The van der Waals surface area contributed by atoms with Crippen LogP contribution in [0.25, 0.3) is 0 Å². The molecule has 1 rings (SSSR count). The molecule has 2 unspecified atom stereocenters. The van der Waals surface area contributed by atoms with Gasteiger partial charge in [-0.15, -0.1) is 0 Å². The van der Waals surface area contributed by atoms with Gasteiger partial charge in [0.15, 0.2) is 0 Å². The lowest BCUT2D eigenvalue weighted by atomic mass is 10.1. The van der Waals surface area contributed by atoms with Crippen LogP contribution in [0.1, 0.15) is 40.5 Å². The van der Waals surface area contributed by atoms with E-state index in [1.807, 2.05) is 13.8 Å². The number of rotatable bonds is 2. The van der Waals surface area contributed by atoms with Crippen LogP contribution in [0, 0.1) is 0 Å².